The highest BCUT2D eigenvalue weighted by Crippen LogP contribution is 2.37. The van der Waals surface area contributed by atoms with Crippen LogP contribution in [0.5, 0.6) is 0 Å². The Labute approximate surface area is 155 Å². The molecule has 3 N–H and O–H groups in total. The Morgan fingerprint density at radius 1 is 1.04 bits per heavy atom. The first-order chi connectivity index (χ1) is 11.7. The third-order valence-corrected chi connectivity index (χ3v) is 3.90. The number of carbonyl (C=O) groups excluding carboxylic acids is 2. The zero-order valence-electron chi connectivity index (χ0n) is 16.6. The Kier molecular flexibility index (Phi) is 6.90. The average molecular weight is 372 g/mol. The standard InChI is InChI=1S/C18H32N2O6/c1-16(2,3)25-14(23)19-11-12-7-8-18(9-12,10-13(21)22)20-15(24)26-17(4,5)6/h12H,7-11H2,1-6H3,(H,19,23)(H,20,24)(H,21,22). The van der Waals surface area contributed by atoms with Gasteiger partial charge >= 0.3 is 18.2 Å². The second kappa shape index (κ2) is 8.14. The molecule has 0 aromatic rings. The zero-order valence-corrected chi connectivity index (χ0v) is 16.6. The summed E-state index contributed by atoms with van der Waals surface area (Å²) < 4.78 is 10.5. The van der Waals surface area contributed by atoms with Gasteiger partial charge in [-0.3, -0.25) is 4.79 Å². The molecule has 2 amide bonds. The number of nitrogens with one attached hydrogen (secondary N) is 2. The van der Waals surface area contributed by atoms with E-state index in [-0.39, 0.29) is 12.3 Å². The molecule has 0 aliphatic heterocycles. The topological polar surface area (TPSA) is 114 Å². The van der Waals surface area contributed by atoms with Gasteiger partial charge in [0.2, 0.25) is 0 Å². The molecule has 0 spiro atoms. The van der Waals surface area contributed by atoms with Crippen molar-refractivity contribution < 1.29 is 29.0 Å². The van der Waals surface area contributed by atoms with Crippen LogP contribution < -0.4 is 10.6 Å². The maximum absolute atomic E-state index is 12.1. The van der Waals surface area contributed by atoms with Gasteiger partial charge in [0.15, 0.2) is 0 Å². The second-order valence-corrected chi connectivity index (χ2v) is 8.97. The number of carboxylic acid groups (broad SMARTS) is 1. The Morgan fingerprint density at radius 3 is 2.08 bits per heavy atom. The summed E-state index contributed by atoms with van der Waals surface area (Å²) in [6.07, 6.45) is 0.342. The number of carboxylic acids is 1. The minimum atomic E-state index is -0.984. The fourth-order valence-electron chi connectivity index (χ4n) is 3.08. The molecule has 2 atom stereocenters. The van der Waals surface area contributed by atoms with Crippen LogP contribution in [0.4, 0.5) is 9.59 Å². The van der Waals surface area contributed by atoms with Crippen molar-refractivity contribution in [2.75, 3.05) is 6.54 Å². The number of amides is 2. The van der Waals surface area contributed by atoms with Gasteiger partial charge in [-0.05, 0) is 66.7 Å². The minimum absolute atomic E-state index is 0.0526. The lowest BCUT2D eigenvalue weighted by Gasteiger charge is -2.31. The van der Waals surface area contributed by atoms with Gasteiger partial charge in [-0.25, -0.2) is 9.59 Å². The molecule has 0 bridgehead atoms. The first-order valence-corrected chi connectivity index (χ1v) is 8.89. The molecule has 0 saturated heterocycles. The molecule has 8 heteroatoms. The molecular formula is C18H32N2O6. The van der Waals surface area contributed by atoms with Crippen molar-refractivity contribution in [2.24, 2.45) is 5.92 Å². The summed E-state index contributed by atoms with van der Waals surface area (Å²) in [6, 6.07) is 0. The quantitative estimate of drug-likeness (QED) is 0.683. The van der Waals surface area contributed by atoms with Crippen molar-refractivity contribution in [1.29, 1.82) is 0 Å². The molecule has 1 fully saturated rings. The molecule has 26 heavy (non-hydrogen) atoms. The molecule has 1 aliphatic rings. The van der Waals surface area contributed by atoms with Crippen molar-refractivity contribution in [3.05, 3.63) is 0 Å². The van der Waals surface area contributed by atoms with E-state index >= 15 is 0 Å². The van der Waals surface area contributed by atoms with Gasteiger partial charge in [0.25, 0.3) is 0 Å². The van der Waals surface area contributed by atoms with E-state index < -0.39 is 34.9 Å². The van der Waals surface area contributed by atoms with E-state index in [0.29, 0.717) is 25.8 Å². The molecule has 1 aliphatic carbocycles. The van der Waals surface area contributed by atoms with Crippen LogP contribution in [0.25, 0.3) is 0 Å². The molecular weight excluding hydrogens is 340 g/mol. The van der Waals surface area contributed by atoms with E-state index in [4.69, 9.17) is 9.47 Å². The lowest BCUT2D eigenvalue weighted by Crippen LogP contribution is -2.50. The van der Waals surface area contributed by atoms with Crippen molar-refractivity contribution in [3.8, 4) is 0 Å². The van der Waals surface area contributed by atoms with Crippen molar-refractivity contribution >= 4 is 18.2 Å². The largest absolute Gasteiger partial charge is 0.481 e. The first-order valence-electron chi connectivity index (χ1n) is 8.89. The van der Waals surface area contributed by atoms with Crippen LogP contribution in [0.3, 0.4) is 0 Å². The molecule has 0 aromatic heterocycles. The predicted octanol–water partition coefficient (Wildman–Crippen LogP) is 3.05. The van der Waals surface area contributed by atoms with Crippen LogP contribution in [0, 0.1) is 5.92 Å². The Balaban J connectivity index is 2.64. The number of ether oxygens (including phenoxy) is 2. The predicted molar refractivity (Wildman–Crippen MR) is 95.9 cm³/mol. The van der Waals surface area contributed by atoms with E-state index in [1.54, 1.807) is 41.5 Å². The molecule has 8 nitrogen and oxygen atoms in total. The Morgan fingerprint density at radius 2 is 1.58 bits per heavy atom. The summed E-state index contributed by atoms with van der Waals surface area (Å²) in [5.41, 5.74) is -2.11. The van der Waals surface area contributed by atoms with Crippen molar-refractivity contribution in [2.45, 2.75) is 84.0 Å². The van der Waals surface area contributed by atoms with Crippen LogP contribution >= 0.6 is 0 Å². The van der Waals surface area contributed by atoms with Gasteiger partial charge < -0.3 is 25.2 Å². The normalized spacial score (nSPS) is 23.2. The van der Waals surface area contributed by atoms with Gasteiger partial charge in [0.05, 0.1) is 12.0 Å². The van der Waals surface area contributed by atoms with Crippen LogP contribution in [-0.2, 0) is 14.3 Å². The summed E-state index contributed by atoms with van der Waals surface area (Å²) in [5, 5.41) is 14.7. The summed E-state index contributed by atoms with van der Waals surface area (Å²) in [5.74, 6) is -0.932. The summed E-state index contributed by atoms with van der Waals surface area (Å²) in [6.45, 7) is 11.0. The smallest absolute Gasteiger partial charge is 0.408 e. The van der Waals surface area contributed by atoms with E-state index in [0.717, 1.165) is 0 Å². The molecule has 1 rings (SSSR count). The van der Waals surface area contributed by atoms with E-state index in [1.165, 1.54) is 0 Å². The average Bonchev–Trinajstić information content (AvgIpc) is 2.73. The number of carbonyl (C=O) groups is 3. The Bertz CT molecular complexity index is 535. The number of rotatable bonds is 5. The minimum Gasteiger partial charge on any atom is -0.481 e. The van der Waals surface area contributed by atoms with Crippen molar-refractivity contribution in [3.63, 3.8) is 0 Å². The molecule has 0 heterocycles. The van der Waals surface area contributed by atoms with Gasteiger partial charge in [-0.1, -0.05) is 0 Å². The highest BCUT2D eigenvalue weighted by atomic mass is 16.6. The second-order valence-electron chi connectivity index (χ2n) is 8.97. The van der Waals surface area contributed by atoms with Gasteiger partial charge in [-0.2, -0.15) is 0 Å². The first kappa shape index (κ1) is 22.1. The number of hydrogen-bond acceptors (Lipinski definition) is 5. The van der Waals surface area contributed by atoms with Crippen LogP contribution in [0.1, 0.15) is 67.2 Å². The lowest BCUT2D eigenvalue weighted by molar-refractivity contribution is -0.138. The van der Waals surface area contributed by atoms with E-state index in [9.17, 15) is 19.5 Å². The van der Waals surface area contributed by atoms with Gasteiger partial charge in [0, 0.05) is 6.54 Å². The monoisotopic (exact) mass is 372 g/mol. The molecule has 0 aromatic carbocycles. The highest BCUT2D eigenvalue weighted by molar-refractivity contribution is 5.73. The molecule has 150 valence electrons. The van der Waals surface area contributed by atoms with Crippen LogP contribution in [-0.4, -0.2) is 46.5 Å². The van der Waals surface area contributed by atoms with Crippen LogP contribution in [0.2, 0.25) is 0 Å². The highest BCUT2D eigenvalue weighted by Gasteiger charge is 2.43. The van der Waals surface area contributed by atoms with Crippen LogP contribution in [0.15, 0.2) is 0 Å². The SMILES string of the molecule is CC(C)(C)OC(=O)NCC1CCC(CC(=O)O)(NC(=O)OC(C)(C)C)C1. The fourth-order valence-corrected chi connectivity index (χ4v) is 3.08. The van der Waals surface area contributed by atoms with Crippen molar-refractivity contribution in [1.82, 2.24) is 10.6 Å². The molecule has 0 radical (unpaired) electrons. The maximum atomic E-state index is 12.1. The third kappa shape index (κ3) is 8.40. The number of alkyl carbamates (subject to hydrolysis) is 2. The van der Waals surface area contributed by atoms with E-state index in [1.807, 2.05) is 0 Å². The third-order valence-electron chi connectivity index (χ3n) is 3.90. The summed E-state index contributed by atoms with van der Waals surface area (Å²) in [4.78, 5) is 35.2. The summed E-state index contributed by atoms with van der Waals surface area (Å²) in [7, 11) is 0. The number of aliphatic carboxylic acids is 1. The zero-order chi connectivity index (χ0) is 20.2. The van der Waals surface area contributed by atoms with Gasteiger partial charge in [0.1, 0.15) is 11.2 Å². The number of hydrogen-bond donors (Lipinski definition) is 3. The molecule has 2 unspecified atom stereocenters. The maximum Gasteiger partial charge on any atom is 0.408 e. The fraction of sp³-hybridized carbons (Fsp3) is 0.833. The summed E-state index contributed by atoms with van der Waals surface area (Å²) >= 11 is 0. The lowest BCUT2D eigenvalue weighted by atomic mass is 9.92. The van der Waals surface area contributed by atoms with E-state index in [2.05, 4.69) is 10.6 Å². The Hall–Kier alpha value is -1.99. The van der Waals surface area contributed by atoms with Gasteiger partial charge in [-0.15, -0.1) is 0 Å². The molecule has 1 saturated carbocycles.